The maximum Gasteiger partial charge on any atom is 0.490 e. The van der Waals surface area contributed by atoms with E-state index in [1.54, 1.807) is 37.3 Å². The molecule has 0 aromatic heterocycles. The predicted octanol–water partition coefficient (Wildman–Crippen LogP) is 3.99. The average molecular weight is 774 g/mol. The summed E-state index contributed by atoms with van der Waals surface area (Å²) in [6.07, 6.45) is -5.00. The molecule has 0 unspecified atom stereocenters. The van der Waals surface area contributed by atoms with Crippen molar-refractivity contribution in [3.8, 4) is 0 Å². The molecule has 292 valence electrons. The first-order valence-corrected chi connectivity index (χ1v) is 18.3. The summed E-state index contributed by atoms with van der Waals surface area (Å²) in [5.41, 5.74) is 6.43. The smallest absolute Gasteiger partial charge is 0.475 e. The fourth-order valence-corrected chi connectivity index (χ4v) is 6.70. The summed E-state index contributed by atoms with van der Waals surface area (Å²) >= 11 is 0. The largest absolute Gasteiger partial charge is 0.490 e. The van der Waals surface area contributed by atoms with Gasteiger partial charge in [0.15, 0.2) is 9.84 Å². The Morgan fingerprint density at radius 3 is 2.04 bits per heavy atom. The first-order valence-electron chi connectivity index (χ1n) is 16.5. The molecular formula is C36H44F5N3O8S. The number of hydrogen-bond donors (Lipinski definition) is 5. The van der Waals surface area contributed by atoms with Crippen LogP contribution in [0, 0.1) is 11.6 Å². The van der Waals surface area contributed by atoms with Crippen LogP contribution in [0.25, 0.3) is 0 Å². The van der Waals surface area contributed by atoms with Crippen LogP contribution in [-0.4, -0.2) is 78.4 Å². The van der Waals surface area contributed by atoms with Gasteiger partial charge in [0, 0.05) is 19.2 Å². The average Bonchev–Trinajstić information content (AvgIpc) is 3.09. The van der Waals surface area contributed by atoms with E-state index in [0.29, 0.717) is 31.0 Å². The second kappa shape index (κ2) is 20.7. The Morgan fingerprint density at radius 1 is 0.887 bits per heavy atom. The molecule has 6 N–H and O–H groups in total. The first-order chi connectivity index (χ1) is 24.8. The van der Waals surface area contributed by atoms with Crippen molar-refractivity contribution in [3.05, 3.63) is 107 Å². The SMILES string of the molecule is CCCCS(=O)(=O)C[C@](N)(C(=O)N[C@@H](Cc1cc(F)cc(F)c1)[C@H](O)CNCc1cccc(CC)c1)C(=O)OCc1ccccc1.O=C(O)C(F)(F)F. The summed E-state index contributed by atoms with van der Waals surface area (Å²) in [5, 5.41) is 23.9. The van der Waals surface area contributed by atoms with Crippen molar-refractivity contribution in [1.82, 2.24) is 10.6 Å². The third-order valence-electron chi connectivity index (χ3n) is 7.72. The van der Waals surface area contributed by atoms with Crippen LogP contribution in [-0.2, 0) is 55.0 Å². The Morgan fingerprint density at radius 2 is 1.47 bits per heavy atom. The quantitative estimate of drug-likeness (QED) is 0.0720. The van der Waals surface area contributed by atoms with E-state index >= 15 is 0 Å². The number of carbonyl (C=O) groups excluding carboxylic acids is 2. The highest BCUT2D eigenvalue weighted by Gasteiger charge is 2.48. The number of halogens is 5. The zero-order valence-electron chi connectivity index (χ0n) is 29.2. The Kier molecular flexibility index (Phi) is 17.5. The molecule has 0 radical (unpaired) electrons. The molecular weight excluding hydrogens is 729 g/mol. The molecule has 0 heterocycles. The molecule has 17 heteroatoms. The number of nitrogens with two attached hydrogens (primary N) is 1. The van der Waals surface area contributed by atoms with Crippen molar-refractivity contribution in [1.29, 1.82) is 0 Å². The third-order valence-corrected chi connectivity index (χ3v) is 9.53. The number of nitrogens with one attached hydrogen (secondary N) is 2. The van der Waals surface area contributed by atoms with Gasteiger partial charge in [0.1, 0.15) is 18.2 Å². The van der Waals surface area contributed by atoms with E-state index in [1.165, 1.54) is 0 Å². The molecule has 3 atom stereocenters. The summed E-state index contributed by atoms with van der Waals surface area (Å²) in [5.74, 6) is -8.29. The number of amides is 1. The van der Waals surface area contributed by atoms with Crippen molar-refractivity contribution in [2.75, 3.05) is 18.1 Å². The normalized spacial score (nSPS) is 13.8. The van der Waals surface area contributed by atoms with Crippen LogP contribution in [0.3, 0.4) is 0 Å². The molecule has 0 bridgehead atoms. The maximum atomic E-state index is 14.1. The van der Waals surface area contributed by atoms with Crippen molar-refractivity contribution in [2.24, 2.45) is 5.73 Å². The molecule has 3 rings (SSSR count). The van der Waals surface area contributed by atoms with Crippen LogP contribution in [0.4, 0.5) is 22.0 Å². The molecule has 3 aromatic carbocycles. The van der Waals surface area contributed by atoms with Crippen LogP contribution in [0.1, 0.15) is 48.9 Å². The minimum Gasteiger partial charge on any atom is -0.475 e. The lowest BCUT2D eigenvalue weighted by Crippen LogP contribution is -2.66. The van der Waals surface area contributed by atoms with Crippen LogP contribution in [0.5, 0.6) is 0 Å². The number of sulfone groups is 1. The molecule has 0 fully saturated rings. The van der Waals surface area contributed by atoms with Gasteiger partial charge < -0.3 is 31.3 Å². The molecule has 0 saturated carbocycles. The number of esters is 1. The maximum absolute atomic E-state index is 14.1. The standard InChI is InChI=1S/C34H43F2N3O6S.C2HF3O2/c1-3-5-14-46(43,44)23-34(37,33(42)45-22-25-10-7-6-8-11-25)32(41)39-30(18-27-16-28(35)19-29(36)17-27)31(40)21-38-20-26-13-9-12-24(4-2)15-26;3-2(4,5)1(6)7/h6-13,15-17,19,30-31,38,40H,3-5,14,18,20-23,37H2,1-2H3,(H,39,41);(H,6,7)/t30-,31+,34-;/m0./s1. The van der Waals surface area contributed by atoms with Gasteiger partial charge in [-0.15, -0.1) is 0 Å². The van der Waals surface area contributed by atoms with Gasteiger partial charge in [-0.3, -0.25) is 4.79 Å². The lowest BCUT2D eigenvalue weighted by Gasteiger charge is -2.31. The van der Waals surface area contributed by atoms with E-state index in [0.717, 1.165) is 29.7 Å². The number of carbonyl (C=O) groups is 3. The summed E-state index contributed by atoms with van der Waals surface area (Å²) < 4.78 is 91.1. The Balaban J connectivity index is 0.00000126. The summed E-state index contributed by atoms with van der Waals surface area (Å²) in [6.45, 7) is 3.87. The van der Waals surface area contributed by atoms with Crippen LogP contribution >= 0.6 is 0 Å². The Labute approximate surface area is 304 Å². The predicted molar refractivity (Wildman–Crippen MR) is 186 cm³/mol. The van der Waals surface area contributed by atoms with E-state index < -0.39 is 68.9 Å². The molecule has 0 aliphatic carbocycles. The molecule has 0 aliphatic heterocycles. The molecule has 0 spiro atoms. The molecule has 1 amide bonds. The minimum atomic E-state index is -5.08. The molecule has 53 heavy (non-hydrogen) atoms. The fourth-order valence-electron chi connectivity index (χ4n) is 4.88. The first kappa shape index (κ1) is 44.7. The van der Waals surface area contributed by atoms with Gasteiger partial charge in [0.05, 0.1) is 23.7 Å². The van der Waals surface area contributed by atoms with Gasteiger partial charge in [0.2, 0.25) is 5.54 Å². The van der Waals surface area contributed by atoms with Gasteiger partial charge in [-0.25, -0.2) is 26.8 Å². The van der Waals surface area contributed by atoms with Gasteiger partial charge in [-0.2, -0.15) is 13.2 Å². The highest BCUT2D eigenvalue weighted by Crippen LogP contribution is 2.17. The third kappa shape index (κ3) is 15.6. The Hall–Kier alpha value is -4.45. The summed E-state index contributed by atoms with van der Waals surface area (Å²) in [7, 11) is -4.01. The van der Waals surface area contributed by atoms with Crippen LogP contribution < -0.4 is 16.4 Å². The monoisotopic (exact) mass is 773 g/mol. The van der Waals surface area contributed by atoms with E-state index in [9.17, 15) is 45.1 Å². The van der Waals surface area contributed by atoms with Crippen LogP contribution in [0.2, 0.25) is 0 Å². The number of hydrogen-bond acceptors (Lipinski definition) is 9. The van der Waals surface area contributed by atoms with Crippen molar-refractivity contribution >= 4 is 27.7 Å². The number of ether oxygens (including phenoxy) is 1. The Bertz CT molecular complexity index is 1740. The number of carboxylic acids is 1. The second-order valence-electron chi connectivity index (χ2n) is 12.2. The lowest BCUT2D eigenvalue weighted by atomic mass is 9.97. The highest BCUT2D eigenvalue weighted by atomic mass is 32.2. The number of alkyl halides is 3. The highest BCUT2D eigenvalue weighted by molar-refractivity contribution is 7.91. The second-order valence-corrected chi connectivity index (χ2v) is 14.4. The zero-order valence-corrected chi connectivity index (χ0v) is 30.0. The van der Waals surface area contributed by atoms with E-state index in [4.69, 9.17) is 20.4 Å². The molecule has 11 nitrogen and oxygen atoms in total. The summed E-state index contributed by atoms with van der Waals surface area (Å²) in [6, 6.07) is 18.0. The number of benzene rings is 3. The van der Waals surface area contributed by atoms with Crippen LogP contribution in [0.15, 0.2) is 72.8 Å². The van der Waals surface area contributed by atoms with E-state index in [1.807, 2.05) is 31.2 Å². The van der Waals surface area contributed by atoms with Gasteiger partial charge in [0.25, 0.3) is 5.91 Å². The number of carboxylic acid groups (broad SMARTS) is 1. The fraction of sp³-hybridized carbons (Fsp3) is 0.417. The summed E-state index contributed by atoms with van der Waals surface area (Å²) in [4.78, 5) is 36.1. The van der Waals surface area contributed by atoms with Gasteiger partial charge in [-0.1, -0.05) is 74.9 Å². The number of aryl methyl sites for hydroxylation is 1. The lowest BCUT2D eigenvalue weighted by molar-refractivity contribution is -0.192. The number of aliphatic hydroxyl groups excluding tert-OH is 1. The number of rotatable bonds is 18. The number of unbranched alkanes of at least 4 members (excludes halogenated alkanes) is 1. The molecule has 3 aromatic rings. The topological polar surface area (TPSA) is 185 Å². The number of aliphatic hydroxyl groups is 1. The molecule has 0 aliphatic rings. The number of aliphatic carboxylic acids is 1. The van der Waals surface area contributed by atoms with Gasteiger partial charge in [-0.05, 0) is 53.6 Å². The van der Waals surface area contributed by atoms with Crippen molar-refractivity contribution in [2.45, 2.75) is 76.5 Å². The van der Waals surface area contributed by atoms with E-state index in [2.05, 4.69) is 10.6 Å². The van der Waals surface area contributed by atoms with Crippen molar-refractivity contribution < 1.29 is 59.7 Å². The van der Waals surface area contributed by atoms with Gasteiger partial charge >= 0.3 is 18.1 Å². The van der Waals surface area contributed by atoms with E-state index in [-0.39, 0.29) is 30.9 Å². The minimum absolute atomic E-state index is 0.0656. The van der Waals surface area contributed by atoms with Crippen molar-refractivity contribution in [3.63, 3.8) is 0 Å². The zero-order chi connectivity index (χ0) is 39.8. The molecule has 0 saturated heterocycles.